The molecular weight excluding hydrogens is 324 g/mol. The van der Waals surface area contributed by atoms with E-state index in [4.69, 9.17) is 0 Å². The molecule has 0 amide bonds. The molecule has 0 aromatic heterocycles. The van der Waals surface area contributed by atoms with Crippen molar-refractivity contribution in [2.24, 2.45) is 0 Å². The Balaban J connectivity index is 1.76. The van der Waals surface area contributed by atoms with E-state index < -0.39 is 0 Å². The average molecular weight is 340 g/mol. The molecule has 0 fully saturated rings. The molecule has 0 saturated heterocycles. The molecule has 0 heteroatoms. The maximum Gasteiger partial charge on any atom is 0.0743 e. The van der Waals surface area contributed by atoms with Crippen molar-refractivity contribution in [3.63, 3.8) is 0 Å². The van der Waals surface area contributed by atoms with Crippen LogP contribution in [-0.2, 0) is 11.8 Å². The van der Waals surface area contributed by atoms with E-state index in [0.717, 1.165) is 6.42 Å². The van der Waals surface area contributed by atoms with E-state index in [0.29, 0.717) is 0 Å². The smallest absolute Gasteiger partial charge is 0.0613 e. The van der Waals surface area contributed by atoms with Crippen molar-refractivity contribution in [1.29, 1.82) is 0 Å². The van der Waals surface area contributed by atoms with Gasteiger partial charge in [0.15, 0.2) is 0 Å². The molecule has 4 aliphatic rings. The normalized spacial score (nSPS) is 20.0. The number of fused-ring (bicyclic) bond motifs is 3. The Kier molecular flexibility index (Phi) is 1.83. The Bertz CT molecular complexity index is 1400. The molecule has 1 atom stereocenters. The maximum absolute atomic E-state index is 2.44. The molecule has 0 saturated carbocycles. The number of hydrogen-bond acceptors (Lipinski definition) is 0. The highest BCUT2D eigenvalue weighted by Gasteiger charge is 2.60. The van der Waals surface area contributed by atoms with Crippen molar-refractivity contribution in [1.82, 2.24) is 0 Å². The lowest BCUT2D eigenvalue weighted by molar-refractivity contribution is 0.765. The van der Waals surface area contributed by atoms with Gasteiger partial charge in [0.25, 0.3) is 0 Å². The summed E-state index contributed by atoms with van der Waals surface area (Å²) in [6.07, 6.45) is 1.06. The second-order valence-corrected chi connectivity index (χ2v) is 8.57. The summed E-state index contributed by atoms with van der Waals surface area (Å²) in [5, 5.41) is 0. The summed E-state index contributed by atoms with van der Waals surface area (Å²) in [6.45, 7) is 2.25. The fourth-order valence-electron chi connectivity index (χ4n) is 6.84. The highest BCUT2D eigenvalue weighted by atomic mass is 14.6. The van der Waals surface area contributed by atoms with Crippen LogP contribution in [0.25, 0.3) is 33.4 Å². The summed E-state index contributed by atoms with van der Waals surface area (Å²) in [7, 11) is 0. The summed E-state index contributed by atoms with van der Waals surface area (Å²) in [4.78, 5) is 0. The lowest BCUT2D eigenvalue weighted by atomic mass is 9.66. The van der Waals surface area contributed by atoms with Crippen molar-refractivity contribution in [2.75, 3.05) is 0 Å². The van der Waals surface area contributed by atoms with Crippen LogP contribution in [0, 0.1) is 6.92 Å². The number of benzene rings is 4. The highest BCUT2D eigenvalue weighted by molar-refractivity contribution is 6.07. The van der Waals surface area contributed by atoms with Crippen LogP contribution < -0.4 is 0 Å². The first kappa shape index (κ1) is 13.1. The molecule has 0 nitrogen and oxygen atoms in total. The maximum atomic E-state index is 2.44. The lowest BCUT2D eigenvalue weighted by Gasteiger charge is -2.35. The minimum absolute atomic E-state index is 0.0552. The van der Waals surface area contributed by atoms with Crippen LogP contribution in [0.3, 0.4) is 0 Å². The summed E-state index contributed by atoms with van der Waals surface area (Å²) in [6, 6.07) is 25.7. The van der Waals surface area contributed by atoms with Crippen LogP contribution in [0.5, 0.6) is 0 Å². The third-order valence-electron chi connectivity index (χ3n) is 7.40. The molecule has 4 aromatic carbocycles. The first-order valence-corrected chi connectivity index (χ1v) is 9.84. The zero-order valence-electron chi connectivity index (χ0n) is 15.1. The van der Waals surface area contributed by atoms with Gasteiger partial charge in [-0.25, -0.2) is 0 Å². The molecule has 8 rings (SSSR count). The topological polar surface area (TPSA) is 0 Å². The van der Waals surface area contributed by atoms with Crippen LogP contribution in [0.4, 0.5) is 0 Å². The molecule has 4 aliphatic carbocycles. The van der Waals surface area contributed by atoms with Gasteiger partial charge in [0, 0.05) is 0 Å². The molecule has 1 spiro atoms. The molecule has 124 valence electrons. The van der Waals surface area contributed by atoms with Gasteiger partial charge < -0.3 is 0 Å². The summed E-state index contributed by atoms with van der Waals surface area (Å²) in [5.41, 5.74) is 19.4. The van der Waals surface area contributed by atoms with Crippen LogP contribution in [-0.4, -0.2) is 0 Å². The summed E-state index contributed by atoms with van der Waals surface area (Å²) >= 11 is 0. The first-order valence-electron chi connectivity index (χ1n) is 9.84. The van der Waals surface area contributed by atoms with Gasteiger partial charge in [-0.1, -0.05) is 72.3 Å². The Morgan fingerprint density at radius 3 is 1.74 bits per heavy atom. The van der Waals surface area contributed by atoms with Gasteiger partial charge in [-0.2, -0.15) is 0 Å². The number of aryl methyl sites for hydroxylation is 1. The first-order chi connectivity index (χ1) is 13.3. The lowest BCUT2D eigenvalue weighted by Crippen LogP contribution is -2.29. The molecule has 0 bridgehead atoms. The molecule has 1 unspecified atom stereocenters. The van der Waals surface area contributed by atoms with Gasteiger partial charge in [0.1, 0.15) is 0 Å². The zero-order chi connectivity index (χ0) is 17.5. The fraction of sp³-hybridized carbons (Fsp3) is 0.111. The predicted octanol–water partition coefficient (Wildman–Crippen LogP) is 6.22. The minimum atomic E-state index is -0.0552. The second-order valence-electron chi connectivity index (χ2n) is 8.57. The standard InChI is InChI=1S/C27H16/c1-14-11-16-13-15-5-2-6-17-18-7-3-8-19-20-9-4-10-21-22(12-14)24(16)27(23(15)17,25(18)19)26(20)21/h2-12H,13H2,1H3. The molecule has 0 aliphatic heterocycles. The van der Waals surface area contributed by atoms with E-state index in [2.05, 4.69) is 73.7 Å². The minimum Gasteiger partial charge on any atom is -0.0613 e. The van der Waals surface area contributed by atoms with E-state index >= 15 is 0 Å². The Morgan fingerprint density at radius 2 is 1.07 bits per heavy atom. The van der Waals surface area contributed by atoms with Gasteiger partial charge in [-0.05, 0) is 80.1 Å². The Morgan fingerprint density at radius 1 is 0.556 bits per heavy atom. The fourth-order valence-corrected chi connectivity index (χ4v) is 6.84. The molecular formula is C27H16. The van der Waals surface area contributed by atoms with E-state index in [1.165, 1.54) is 50.1 Å². The molecule has 0 radical (unpaired) electrons. The Labute approximate surface area is 158 Å². The van der Waals surface area contributed by atoms with E-state index in [9.17, 15) is 0 Å². The SMILES string of the molecule is Cc1cc2c3c(c1)-c1cccc4c1C31c3c(cccc3-c3cccc-4c31)C2. The quantitative estimate of drug-likeness (QED) is 0.307. The average Bonchev–Trinajstić information content (AvgIpc) is 3.26. The van der Waals surface area contributed by atoms with Crippen LogP contribution in [0.2, 0.25) is 0 Å². The number of hydrogen-bond donors (Lipinski definition) is 0. The van der Waals surface area contributed by atoms with E-state index in [-0.39, 0.29) is 5.41 Å². The van der Waals surface area contributed by atoms with E-state index in [1.54, 1.807) is 22.3 Å². The molecule has 27 heavy (non-hydrogen) atoms. The van der Waals surface area contributed by atoms with Gasteiger partial charge in [-0.15, -0.1) is 0 Å². The predicted molar refractivity (Wildman–Crippen MR) is 109 cm³/mol. The monoisotopic (exact) mass is 340 g/mol. The second kappa shape index (κ2) is 3.77. The van der Waals surface area contributed by atoms with Gasteiger partial charge in [0.05, 0.1) is 5.41 Å². The van der Waals surface area contributed by atoms with E-state index in [1.807, 2.05) is 0 Å². The van der Waals surface area contributed by atoms with Crippen molar-refractivity contribution < 1.29 is 0 Å². The van der Waals surface area contributed by atoms with Crippen LogP contribution >= 0.6 is 0 Å². The summed E-state index contributed by atoms with van der Waals surface area (Å²) < 4.78 is 0. The van der Waals surface area contributed by atoms with Gasteiger partial charge in [-0.3, -0.25) is 0 Å². The van der Waals surface area contributed by atoms with Crippen LogP contribution in [0.15, 0.2) is 66.7 Å². The van der Waals surface area contributed by atoms with Crippen molar-refractivity contribution in [3.8, 4) is 33.4 Å². The highest BCUT2D eigenvalue weighted by Crippen LogP contribution is 2.72. The molecule has 0 heterocycles. The van der Waals surface area contributed by atoms with Crippen molar-refractivity contribution in [3.05, 3.63) is 106 Å². The van der Waals surface area contributed by atoms with Crippen molar-refractivity contribution >= 4 is 0 Å². The largest absolute Gasteiger partial charge is 0.0743 e. The third kappa shape index (κ3) is 1.11. The van der Waals surface area contributed by atoms with Crippen LogP contribution in [0.1, 0.15) is 38.9 Å². The van der Waals surface area contributed by atoms with Gasteiger partial charge >= 0.3 is 0 Å². The van der Waals surface area contributed by atoms with Gasteiger partial charge in [0.2, 0.25) is 0 Å². The Hall–Kier alpha value is -3.12. The number of rotatable bonds is 0. The zero-order valence-corrected chi connectivity index (χ0v) is 15.1. The van der Waals surface area contributed by atoms with Crippen molar-refractivity contribution in [2.45, 2.75) is 18.8 Å². The molecule has 4 aromatic rings. The third-order valence-corrected chi connectivity index (χ3v) is 7.40. The molecule has 0 N–H and O–H groups in total. The summed E-state index contributed by atoms with van der Waals surface area (Å²) in [5.74, 6) is 0.